The van der Waals surface area contributed by atoms with E-state index >= 15 is 0 Å². The van der Waals surface area contributed by atoms with Crippen LogP contribution in [0.2, 0.25) is 0 Å². The van der Waals surface area contributed by atoms with Crippen LogP contribution < -0.4 is 10.2 Å². The van der Waals surface area contributed by atoms with Crippen LogP contribution in [0.3, 0.4) is 0 Å². The largest absolute Gasteiger partial charge is 0.342 e. The fraction of sp³-hybridized carbons (Fsp3) is 0.533. The number of nitrogens with one attached hydrogen (secondary N) is 1. The molecule has 5 nitrogen and oxygen atoms in total. The Balaban J connectivity index is 2.40. The quantitative estimate of drug-likeness (QED) is 0.913. The van der Waals surface area contributed by atoms with Crippen molar-refractivity contribution in [3.63, 3.8) is 0 Å². The Hall–Kier alpha value is -1.91. The van der Waals surface area contributed by atoms with Gasteiger partial charge in [0.2, 0.25) is 11.8 Å². The van der Waals surface area contributed by atoms with Gasteiger partial charge in [-0.05, 0) is 39.3 Å². The van der Waals surface area contributed by atoms with Crippen molar-refractivity contribution >= 4 is 17.5 Å². The molecule has 2 atom stereocenters. The first-order valence-corrected chi connectivity index (χ1v) is 7.03. The molecule has 1 saturated heterocycles. The van der Waals surface area contributed by atoms with Gasteiger partial charge >= 0.3 is 0 Å². The first-order chi connectivity index (χ1) is 9.45. The summed E-state index contributed by atoms with van der Waals surface area (Å²) in [6.45, 7) is 7.52. The van der Waals surface area contributed by atoms with Crippen molar-refractivity contribution in [2.45, 2.75) is 52.6 Å². The summed E-state index contributed by atoms with van der Waals surface area (Å²) >= 11 is 0. The average Bonchev–Trinajstić information content (AvgIpc) is 2.39. The number of hydrogen-bond donors (Lipinski definition) is 1. The van der Waals surface area contributed by atoms with Crippen molar-refractivity contribution in [1.29, 1.82) is 0 Å². The van der Waals surface area contributed by atoms with Crippen molar-refractivity contribution < 1.29 is 9.59 Å². The lowest BCUT2D eigenvalue weighted by molar-refractivity contribution is -0.133. The molecule has 2 rings (SSSR count). The number of nitrogens with zero attached hydrogens (tertiary/aromatic N) is 2. The average molecular weight is 275 g/mol. The molecule has 0 saturated carbocycles. The van der Waals surface area contributed by atoms with Gasteiger partial charge < -0.3 is 5.32 Å². The second-order valence-corrected chi connectivity index (χ2v) is 5.29. The van der Waals surface area contributed by atoms with Crippen molar-refractivity contribution in [1.82, 2.24) is 10.3 Å². The van der Waals surface area contributed by atoms with E-state index in [-0.39, 0.29) is 11.8 Å². The summed E-state index contributed by atoms with van der Waals surface area (Å²) in [5.74, 6) is -0.157. The molecule has 2 heterocycles. The maximum atomic E-state index is 12.6. The topological polar surface area (TPSA) is 62.3 Å². The number of aryl methyl sites for hydroxylation is 2. The van der Waals surface area contributed by atoms with Crippen molar-refractivity contribution in [3.05, 3.63) is 23.5 Å². The van der Waals surface area contributed by atoms with Gasteiger partial charge in [-0.15, -0.1) is 0 Å². The van der Waals surface area contributed by atoms with Crippen LogP contribution in [-0.2, 0) is 9.59 Å². The van der Waals surface area contributed by atoms with Crippen LogP contribution in [0.15, 0.2) is 12.1 Å². The SMILES string of the molecule is CCCC1NC(=O)C(C)N(c2ccc(C)nc2C)C1=O. The molecular formula is C15H21N3O2. The van der Waals surface area contributed by atoms with E-state index in [0.29, 0.717) is 6.42 Å². The summed E-state index contributed by atoms with van der Waals surface area (Å²) in [6.07, 6.45) is 1.51. The molecule has 1 aliphatic heterocycles. The van der Waals surface area contributed by atoms with Crippen LogP contribution in [0.25, 0.3) is 0 Å². The molecular weight excluding hydrogens is 254 g/mol. The molecule has 2 amide bonds. The summed E-state index contributed by atoms with van der Waals surface area (Å²) < 4.78 is 0. The van der Waals surface area contributed by atoms with Gasteiger partial charge in [0.25, 0.3) is 0 Å². The number of piperazine rings is 1. The Labute approximate surface area is 119 Å². The monoisotopic (exact) mass is 275 g/mol. The highest BCUT2D eigenvalue weighted by Gasteiger charge is 2.39. The zero-order valence-electron chi connectivity index (χ0n) is 12.4. The van der Waals surface area contributed by atoms with E-state index in [1.165, 1.54) is 0 Å². The van der Waals surface area contributed by atoms with Crippen LogP contribution >= 0.6 is 0 Å². The molecule has 0 radical (unpaired) electrons. The Morgan fingerprint density at radius 1 is 1.30 bits per heavy atom. The third kappa shape index (κ3) is 2.53. The molecule has 0 aromatic carbocycles. The lowest BCUT2D eigenvalue weighted by atomic mass is 10.0. The summed E-state index contributed by atoms with van der Waals surface area (Å²) in [5, 5.41) is 2.80. The smallest absolute Gasteiger partial charge is 0.250 e. The summed E-state index contributed by atoms with van der Waals surface area (Å²) in [6, 6.07) is 2.81. The molecule has 1 aromatic rings. The lowest BCUT2D eigenvalue weighted by Crippen LogP contribution is -2.62. The van der Waals surface area contributed by atoms with E-state index in [9.17, 15) is 9.59 Å². The number of hydrogen-bond acceptors (Lipinski definition) is 3. The first-order valence-electron chi connectivity index (χ1n) is 7.03. The van der Waals surface area contributed by atoms with Crippen LogP contribution in [-0.4, -0.2) is 28.9 Å². The maximum absolute atomic E-state index is 12.6. The van der Waals surface area contributed by atoms with Crippen LogP contribution in [0.1, 0.15) is 38.1 Å². The molecule has 1 fully saturated rings. The number of amides is 2. The Morgan fingerprint density at radius 2 is 2.00 bits per heavy atom. The van der Waals surface area contributed by atoms with E-state index in [2.05, 4.69) is 10.3 Å². The number of carbonyl (C=O) groups excluding carboxylic acids is 2. The summed E-state index contributed by atoms with van der Waals surface area (Å²) in [5.41, 5.74) is 2.40. The number of pyridine rings is 1. The fourth-order valence-electron chi connectivity index (χ4n) is 2.58. The summed E-state index contributed by atoms with van der Waals surface area (Å²) in [7, 11) is 0. The number of anilines is 1. The van der Waals surface area contributed by atoms with Crippen LogP contribution in [0.5, 0.6) is 0 Å². The minimum absolute atomic E-state index is 0.0484. The Morgan fingerprint density at radius 3 is 2.60 bits per heavy atom. The highest BCUT2D eigenvalue weighted by atomic mass is 16.2. The first kappa shape index (κ1) is 14.5. The maximum Gasteiger partial charge on any atom is 0.250 e. The van der Waals surface area contributed by atoms with E-state index in [1.807, 2.05) is 32.9 Å². The van der Waals surface area contributed by atoms with Gasteiger partial charge in [-0.2, -0.15) is 0 Å². The van der Waals surface area contributed by atoms with Gasteiger partial charge in [0.1, 0.15) is 12.1 Å². The molecule has 0 spiro atoms. The minimum atomic E-state index is -0.501. The molecule has 5 heteroatoms. The predicted octanol–water partition coefficient (Wildman–Crippen LogP) is 1.72. The minimum Gasteiger partial charge on any atom is -0.342 e. The molecule has 20 heavy (non-hydrogen) atoms. The predicted molar refractivity (Wildman–Crippen MR) is 77.5 cm³/mol. The lowest BCUT2D eigenvalue weighted by Gasteiger charge is -2.37. The number of aromatic nitrogens is 1. The van der Waals surface area contributed by atoms with Crippen molar-refractivity contribution in [2.75, 3.05) is 4.90 Å². The van der Waals surface area contributed by atoms with Crippen LogP contribution in [0.4, 0.5) is 5.69 Å². The van der Waals surface area contributed by atoms with E-state index in [1.54, 1.807) is 11.8 Å². The zero-order chi connectivity index (χ0) is 14.9. The normalized spacial score (nSPS) is 22.9. The Kier molecular flexibility index (Phi) is 4.06. The molecule has 1 aliphatic rings. The third-order valence-corrected chi connectivity index (χ3v) is 3.65. The standard InChI is InChI=1S/C15H21N3O2/c1-5-6-12-15(20)18(11(4)14(19)17-12)13-8-7-9(2)16-10(13)3/h7-8,11-12H,5-6H2,1-4H3,(H,17,19). The van der Waals surface area contributed by atoms with Gasteiger partial charge in [-0.3, -0.25) is 19.5 Å². The van der Waals surface area contributed by atoms with Gasteiger partial charge in [0.15, 0.2) is 0 Å². The second kappa shape index (κ2) is 5.61. The zero-order valence-corrected chi connectivity index (χ0v) is 12.4. The van der Waals surface area contributed by atoms with Gasteiger partial charge in [-0.1, -0.05) is 13.3 Å². The van der Waals surface area contributed by atoms with Crippen LogP contribution in [0, 0.1) is 13.8 Å². The van der Waals surface area contributed by atoms with E-state index in [4.69, 9.17) is 0 Å². The third-order valence-electron chi connectivity index (χ3n) is 3.65. The van der Waals surface area contributed by atoms with Gasteiger partial charge in [-0.25, -0.2) is 0 Å². The second-order valence-electron chi connectivity index (χ2n) is 5.29. The van der Waals surface area contributed by atoms with E-state index in [0.717, 1.165) is 23.5 Å². The molecule has 0 aliphatic carbocycles. The highest BCUT2D eigenvalue weighted by Crippen LogP contribution is 2.25. The number of carbonyl (C=O) groups is 2. The van der Waals surface area contributed by atoms with E-state index < -0.39 is 12.1 Å². The van der Waals surface area contributed by atoms with Crippen molar-refractivity contribution in [3.8, 4) is 0 Å². The molecule has 108 valence electrons. The number of rotatable bonds is 3. The molecule has 0 bridgehead atoms. The molecule has 1 N–H and O–H groups in total. The van der Waals surface area contributed by atoms with Crippen molar-refractivity contribution in [2.24, 2.45) is 0 Å². The fourth-order valence-corrected chi connectivity index (χ4v) is 2.58. The Bertz CT molecular complexity index is 542. The van der Waals surface area contributed by atoms with Gasteiger partial charge in [0.05, 0.1) is 11.4 Å². The molecule has 1 aromatic heterocycles. The van der Waals surface area contributed by atoms with Gasteiger partial charge in [0, 0.05) is 5.69 Å². The molecule has 2 unspecified atom stereocenters. The highest BCUT2D eigenvalue weighted by molar-refractivity contribution is 6.08. The summed E-state index contributed by atoms with van der Waals surface area (Å²) in [4.78, 5) is 30.6.